The van der Waals surface area contributed by atoms with Gasteiger partial charge in [-0.15, -0.1) is 0 Å². The molecule has 1 saturated heterocycles. The highest BCUT2D eigenvalue weighted by molar-refractivity contribution is 5.79. The molecule has 1 heterocycles. The molecule has 1 rings (SSSR count). The van der Waals surface area contributed by atoms with Crippen LogP contribution in [0.4, 0.5) is 0 Å². The first-order valence-corrected chi connectivity index (χ1v) is 4.58. The van der Waals surface area contributed by atoms with Crippen molar-refractivity contribution in [2.45, 2.75) is 13.3 Å². The van der Waals surface area contributed by atoms with Crippen LogP contribution in [0.1, 0.15) is 13.3 Å². The molecule has 1 aliphatic heterocycles. The summed E-state index contributed by atoms with van der Waals surface area (Å²) in [7, 11) is 0. The van der Waals surface area contributed by atoms with Gasteiger partial charge in [-0.3, -0.25) is 0 Å². The van der Waals surface area contributed by atoms with E-state index in [1.165, 1.54) is 0 Å². The zero-order chi connectivity index (χ0) is 9.94. The Kier molecular flexibility index (Phi) is 8.60. The Balaban J connectivity index is 0.000000223. The average Bonchev–Trinajstić information content (AvgIpc) is 2.18. The van der Waals surface area contributed by atoms with Crippen molar-refractivity contribution in [1.29, 1.82) is 0 Å². The van der Waals surface area contributed by atoms with Gasteiger partial charge in [-0.2, -0.15) is 0 Å². The van der Waals surface area contributed by atoms with E-state index in [4.69, 9.17) is 5.11 Å². The number of aliphatic carboxylic acids is 1. The Morgan fingerprint density at radius 1 is 1.31 bits per heavy atom. The third kappa shape index (κ3) is 11.1. The topological polar surface area (TPSA) is 61.4 Å². The molecule has 0 aromatic carbocycles. The number of rotatable bonds is 2. The molecule has 13 heavy (non-hydrogen) atoms. The number of allylic oxidation sites excluding steroid dienone is 1. The lowest BCUT2D eigenvalue weighted by Gasteiger charge is -2.11. The molecule has 1 aliphatic rings. The van der Waals surface area contributed by atoms with E-state index in [9.17, 15) is 4.79 Å². The predicted molar refractivity (Wildman–Crippen MR) is 52.8 cm³/mol. The molecule has 1 fully saturated rings. The molecule has 0 amide bonds. The van der Waals surface area contributed by atoms with Crippen LogP contribution in [-0.2, 0) is 4.79 Å². The first kappa shape index (κ1) is 12.1. The maximum absolute atomic E-state index is 9.67. The van der Waals surface area contributed by atoms with Gasteiger partial charge in [0.1, 0.15) is 0 Å². The summed E-state index contributed by atoms with van der Waals surface area (Å²) in [6.45, 7) is 6.44. The van der Waals surface area contributed by atoms with E-state index in [0.717, 1.165) is 38.7 Å². The lowest BCUT2D eigenvalue weighted by atomic mass is 10.4. The maximum Gasteiger partial charge on any atom is 0.327 e. The zero-order valence-corrected chi connectivity index (χ0v) is 8.05. The predicted octanol–water partition coefficient (Wildman–Crippen LogP) is 0.216. The molecule has 0 aromatic rings. The molecule has 3 N–H and O–H groups in total. The summed E-state index contributed by atoms with van der Waals surface area (Å²) in [5.41, 5.74) is 0. The molecule has 0 bridgehead atoms. The van der Waals surface area contributed by atoms with Gasteiger partial charge in [0.15, 0.2) is 0 Å². The normalized spacial score (nSPS) is 16.4. The third-order valence-electron chi connectivity index (χ3n) is 1.45. The molecule has 0 unspecified atom stereocenters. The van der Waals surface area contributed by atoms with Crippen LogP contribution >= 0.6 is 0 Å². The highest BCUT2D eigenvalue weighted by atomic mass is 16.4. The van der Waals surface area contributed by atoms with Gasteiger partial charge in [0.25, 0.3) is 0 Å². The molecular formula is C9H18N2O2. The fourth-order valence-electron chi connectivity index (χ4n) is 0.822. The number of piperazine rings is 1. The Morgan fingerprint density at radius 3 is 1.92 bits per heavy atom. The summed E-state index contributed by atoms with van der Waals surface area (Å²) >= 11 is 0. The van der Waals surface area contributed by atoms with Crippen LogP contribution in [-0.4, -0.2) is 37.3 Å². The number of hydrogen-bond donors (Lipinski definition) is 3. The molecule has 4 heteroatoms. The van der Waals surface area contributed by atoms with Crippen molar-refractivity contribution in [2.75, 3.05) is 26.2 Å². The monoisotopic (exact) mass is 186 g/mol. The average molecular weight is 186 g/mol. The molecule has 0 saturated carbocycles. The second kappa shape index (κ2) is 9.22. The minimum absolute atomic E-state index is 0.784. The summed E-state index contributed by atoms with van der Waals surface area (Å²) in [6, 6.07) is 0. The SMILES string of the molecule is C1CNCCN1.CC/C=C\C(=O)O. The summed E-state index contributed by atoms with van der Waals surface area (Å²) in [5.74, 6) is -0.873. The summed E-state index contributed by atoms with van der Waals surface area (Å²) in [6.07, 6.45) is 3.52. The van der Waals surface area contributed by atoms with Crippen LogP contribution in [0.3, 0.4) is 0 Å². The standard InChI is InChI=1S/C5H8O2.C4H10N2/c1-2-3-4-5(6)7;1-2-6-4-3-5-1/h3-4H,2H2,1H3,(H,6,7);5-6H,1-4H2/b4-3-;. The van der Waals surface area contributed by atoms with Gasteiger partial charge in [-0.25, -0.2) is 4.79 Å². The molecule has 0 spiro atoms. The van der Waals surface area contributed by atoms with Crippen LogP contribution in [0, 0.1) is 0 Å². The van der Waals surface area contributed by atoms with Crippen molar-refractivity contribution >= 4 is 5.97 Å². The smallest absolute Gasteiger partial charge is 0.327 e. The molecule has 0 aliphatic carbocycles. The quantitative estimate of drug-likeness (QED) is 0.540. The third-order valence-corrected chi connectivity index (χ3v) is 1.45. The molecule has 0 atom stereocenters. The maximum atomic E-state index is 9.67. The number of carboxylic acid groups (broad SMARTS) is 1. The Labute approximate surface area is 79.0 Å². The van der Waals surface area contributed by atoms with Crippen LogP contribution in [0.25, 0.3) is 0 Å². The first-order valence-electron chi connectivity index (χ1n) is 4.58. The van der Waals surface area contributed by atoms with Gasteiger partial charge in [0.05, 0.1) is 0 Å². The second-order valence-electron chi connectivity index (χ2n) is 2.65. The van der Waals surface area contributed by atoms with Gasteiger partial charge in [0.2, 0.25) is 0 Å². The van der Waals surface area contributed by atoms with Crippen molar-refractivity contribution < 1.29 is 9.90 Å². The molecule has 0 radical (unpaired) electrons. The number of nitrogens with one attached hydrogen (secondary N) is 2. The first-order chi connectivity index (χ1) is 6.27. The summed E-state index contributed by atoms with van der Waals surface area (Å²) in [5, 5.41) is 14.4. The molecular weight excluding hydrogens is 168 g/mol. The van der Waals surface area contributed by atoms with E-state index in [-0.39, 0.29) is 0 Å². The van der Waals surface area contributed by atoms with Crippen LogP contribution < -0.4 is 10.6 Å². The lowest BCUT2D eigenvalue weighted by Crippen LogP contribution is -2.39. The van der Waals surface area contributed by atoms with E-state index < -0.39 is 5.97 Å². The van der Waals surface area contributed by atoms with Crippen LogP contribution in [0.5, 0.6) is 0 Å². The highest BCUT2D eigenvalue weighted by Gasteiger charge is 1.91. The number of hydrogen-bond acceptors (Lipinski definition) is 3. The Bertz CT molecular complexity index is 142. The van der Waals surface area contributed by atoms with E-state index in [1.54, 1.807) is 6.08 Å². The van der Waals surface area contributed by atoms with Crippen molar-refractivity contribution in [2.24, 2.45) is 0 Å². The zero-order valence-electron chi connectivity index (χ0n) is 8.05. The minimum Gasteiger partial charge on any atom is -0.478 e. The van der Waals surface area contributed by atoms with Gasteiger partial charge < -0.3 is 15.7 Å². The van der Waals surface area contributed by atoms with Crippen LogP contribution in [0.2, 0.25) is 0 Å². The van der Waals surface area contributed by atoms with Gasteiger partial charge >= 0.3 is 5.97 Å². The van der Waals surface area contributed by atoms with Gasteiger partial charge in [-0.05, 0) is 6.42 Å². The number of carboxylic acids is 1. The molecule has 0 aromatic heterocycles. The van der Waals surface area contributed by atoms with Crippen molar-refractivity contribution in [1.82, 2.24) is 10.6 Å². The van der Waals surface area contributed by atoms with E-state index in [1.807, 2.05) is 6.92 Å². The molecule has 76 valence electrons. The van der Waals surface area contributed by atoms with Gasteiger partial charge in [-0.1, -0.05) is 13.0 Å². The Morgan fingerprint density at radius 2 is 1.77 bits per heavy atom. The van der Waals surface area contributed by atoms with Crippen molar-refractivity contribution in [3.05, 3.63) is 12.2 Å². The van der Waals surface area contributed by atoms with Crippen molar-refractivity contribution in [3.8, 4) is 0 Å². The lowest BCUT2D eigenvalue weighted by molar-refractivity contribution is -0.131. The van der Waals surface area contributed by atoms with Crippen LogP contribution in [0.15, 0.2) is 12.2 Å². The van der Waals surface area contributed by atoms with E-state index >= 15 is 0 Å². The van der Waals surface area contributed by atoms with Gasteiger partial charge in [0, 0.05) is 32.3 Å². The minimum atomic E-state index is -0.873. The molecule has 4 nitrogen and oxygen atoms in total. The fourth-order valence-corrected chi connectivity index (χ4v) is 0.822. The fraction of sp³-hybridized carbons (Fsp3) is 0.667. The Hall–Kier alpha value is -0.870. The van der Waals surface area contributed by atoms with E-state index in [0.29, 0.717) is 0 Å². The largest absolute Gasteiger partial charge is 0.478 e. The van der Waals surface area contributed by atoms with E-state index in [2.05, 4.69) is 10.6 Å². The summed E-state index contributed by atoms with van der Waals surface area (Å²) in [4.78, 5) is 9.67. The second-order valence-corrected chi connectivity index (χ2v) is 2.65. The van der Waals surface area contributed by atoms with Crippen molar-refractivity contribution in [3.63, 3.8) is 0 Å². The number of carbonyl (C=O) groups is 1. The highest BCUT2D eigenvalue weighted by Crippen LogP contribution is 1.76. The summed E-state index contributed by atoms with van der Waals surface area (Å²) < 4.78 is 0.